The Balaban J connectivity index is 2.00. The van der Waals surface area contributed by atoms with E-state index in [4.69, 9.17) is 4.74 Å². The van der Waals surface area contributed by atoms with Gasteiger partial charge in [-0.05, 0) is 11.6 Å². The average Bonchev–Trinajstić information content (AvgIpc) is 2.37. The summed E-state index contributed by atoms with van der Waals surface area (Å²) < 4.78 is 46.1. The number of alkyl halides is 3. The number of hydrogen-bond donors (Lipinski definition) is 1. The Morgan fingerprint density at radius 3 is 3.00 bits per heavy atom. The smallest absolute Gasteiger partial charge is 0.422 e. The average molecular weight is 262 g/mol. The Kier molecular flexibility index (Phi) is 4.03. The highest BCUT2D eigenvalue weighted by Gasteiger charge is 2.28. The molecule has 1 unspecified atom stereocenters. The van der Waals surface area contributed by atoms with Gasteiger partial charge >= 0.3 is 6.18 Å². The van der Waals surface area contributed by atoms with Gasteiger partial charge < -0.3 is 14.8 Å². The fraction of sp³-hybridized carbons (Fsp3) is 0.545. The third kappa shape index (κ3) is 3.85. The molecule has 2 heterocycles. The maximum Gasteiger partial charge on any atom is 0.422 e. The van der Waals surface area contributed by atoms with Gasteiger partial charge in [-0.25, -0.2) is 4.98 Å². The van der Waals surface area contributed by atoms with Crippen molar-refractivity contribution < 1.29 is 22.6 Å². The van der Waals surface area contributed by atoms with E-state index in [1.807, 2.05) is 0 Å². The molecule has 4 nitrogen and oxygen atoms in total. The second-order valence-corrected chi connectivity index (χ2v) is 3.89. The summed E-state index contributed by atoms with van der Waals surface area (Å²) in [6.45, 7) is 0.640. The van der Waals surface area contributed by atoms with Crippen LogP contribution in [0.4, 0.5) is 13.2 Å². The SMILES string of the molecule is FC(F)(F)COc1cc(C2CNCCO2)ccn1. The molecule has 1 aromatic heterocycles. The van der Waals surface area contributed by atoms with Crippen molar-refractivity contribution in [3.05, 3.63) is 23.9 Å². The lowest BCUT2D eigenvalue weighted by Crippen LogP contribution is -2.33. The predicted octanol–water partition coefficient (Wildman–Crippen LogP) is 1.68. The van der Waals surface area contributed by atoms with Crippen molar-refractivity contribution in [2.24, 2.45) is 0 Å². The largest absolute Gasteiger partial charge is 0.468 e. The van der Waals surface area contributed by atoms with Gasteiger partial charge in [0.1, 0.15) is 0 Å². The lowest BCUT2D eigenvalue weighted by Gasteiger charge is -2.24. The molecule has 1 saturated heterocycles. The minimum absolute atomic E-state index is 0.0426. The van der Waals surface area contributed by atoms with E-state index in [1.165, 1.54) is 12.3 Å². The standard InChI is InChI=1S/C11H13F3N2O2/c12-11(13,14)7-18-10-5-8(1-2-16-10)9-6-15-3-4-17-9/h1-2,5,9,15H,3-4,6-7H2. The summed E-state index contributed by atoms with van der Waals surface area (Å²) in [6.07, 6.45) is -3.12. The zero-order valence-electron chi connectivity index (χ0n) is 9.54. The van der Waals surface area contributed by atoms with Crippen LogP contribution in [0.5, 0.6) is 5.88 Å². The van der Waals surface area contributed by atoms with Crippen LogP contribution in [0.25, 0.3) is 0 Å². The van der Waals surface area contributed by atoms with Crippen molar-refractivity contribution in [3.8, 4) is 5.88 Å². The summed E-state index contributed by atoms with van der Waals surface area (Å²) >= 11 is 0. The minimum Gasteiger partial charge on any atom is -0.468 e. The number of pyridine rings is 1. The molecule has 1 N–H and O–H groups in total. The van der Waals surface area contributed by atoms with Crippen molar-refractivity contribution in [3.63, 3.8) is 0 Å². The first kappa shape index (κ1) is 13.1. The van der Waals surface area contributed by atoms with Crippen LogP contribution >= 0.6 is 0 Å². The van der Waals surface area contributed by atoms with Gasteiger partial charge in [0.2, 0.25) is 5.88 Å². The monoisotopic (exact) mass is 262 g/mol. The van der Waals surface area contributed by atoms with Crippen LogP contribution < -0.4 is 10.1 Å². The molecule has 0 saturated carbocycles. The van der Waals surface area contributed by atoms with E-state index in [2.05, 4.69) is 15.0 Å². The molecule has 1 aliphatic heterocycles. The second kappa shape index (κ2) is 5.53. The normalized spacial score (nSPS) is 20.7. The van der Waals surface area contributed by atoms with Crippen molar-refractivity contribution in [1.29, 1.82) is 0 Å². The second-order valence-electron chi connectivity index (χ2n) is 3.89. The topological polar surface area (TPSA) is 43.4 Å². The molecular formula is C11H13F3N2O2. The molecule has 1 atom stereocenters. The van der Waals surface area contributed by atoms with Crippen LogP contribution in [0.3, 0.4) is 0 Å². The predicted molar refractivity (Wildman–Crippen MR) is 57.3 cm³/mol. The molecule has 2 rings (SSSR count). The first-order valence-electron chi connectivity index (χ1n) is 5.52. The van der Waals surface area contributed by atoms with E-state index >= 15 is 0 Å². The highest BCUT2D eigenvalue weighted by molar-refractivity contribution is 5.23. The van der Waals surface area contributed by atoms with E-state index in [9.17, 15) is 13.2 Å². The molecule has 100 valence electrons. The molecule has 7 heteroatoms. The Hall–Kier alpha value is -1.34. The van der Waals surface area contributed by atoms with Gasteiger partial charge in [0, 0.05) is 25.4 Å². The van der Waals surface area contributed by atoms with Crippen molar-refractivity contribution in [1.82, 2.24) is 10.3 Å². The molecule has 0 bridgehead atoms. The molecule has 0 radical (unpaired) electrons. The number of halogens is 3. The van der Waals surface area contributed by atoms with E-state index in [-0.39, 0.29) is 12.0 Å². The number of aromatic nitrogens is 1. The van der Waals surface area contributed by atoms with Gasteiger partial charge in [0.05, 0.1) is 12.7 Å². The summed E-state index contributed by atoms with van der Waals surface area (Å²) in [6, 6.07) is 3.18. The third-order valence-electron chi connectivity index (χ3n) is 2.44. The Labute approximate surface area is 102 Å². The van der Waals surface area contributed by atoms with Gasteiger partial charge in [-0.3, -0.25) is 0 Å². The van der Waals surface area contributed by atoms with Gasteiger partial charge in [-0.2, -0.15) is 13.2 Å². The molecule has 0 amide bonds. The van der Waals surface area contributed by atoms with E-state index in [0.717, 1.165) is 12.1 Å². The number of nitrogens with zero attached hydrogens (tertiary/aromatic N) is 1. The first-order chi connectivity index (χ1) is 8.54. The molecule has 18 heavy (non-hydrogen) atoms. The zero-order chi connectivity index (χ0) is 13.0. The Bertz CT molecular complexity index is 392. The lowest BCUT2D eigenvalue weighted by molar-refractivity contribution is -0.154. The molecule has 1 aliphatic rings. The van der Waals surface area contributed by atoms with Gasteiger partial charge in [0.25, 0.3) is 0 Å². The summed E-state index contributed by atoms with van der Waals surface area (Å²) in [4.78, 5) is 3.74. The van der Waals surface area contributed by atoms with Gasteiger partial charge in [-0.1, -0.05) is 0 Å². The third-order valence-corrected chi connectivity index (χ3v) is 2.44. The van der Waals surface area contributed by atoms with Crippen LogP contribution in [0.15, 0.2) is 18.3 Å². The molecular weight excluding hydrogens is 249 g/mol. The molecule has 0 aromatic carbocycles. The molecule has 0 spiro atoms. The maximum absolute atomic E-state index is 12.0. The van der Waals surface area contributed by atoms with Gasteiger partial charge in [-0.15, -0.1) is 0 Å². The van der Waals surface area contributed by atoms with Crippen LogP contribution in [-0.2, 0) is 4.74 Å². The number of ether oxygens (including phenoxy) is 2. The summed E-state index contributed by atoms with van der Waals surface area (Å²) in [5, 5.41) is 3.14. The Morgan fingerprint density at radius 2 is 2.33 bits per heavy atom. The Morgan fingerprint density at radius 1 is 1.50 bits per heavy atom. The van der Waals surface area contributed by atoms with Crippen LogP contribution in [0.2, 0.25) is 0 Å². The fourth-order valence-electron chi connectivity index (χ4n) is 1.64. The molecule has 0 aliphatic carbocycles. The van der Waals surface area contributed by atoms with Crippen LogP contribution in [0.1, 0.15) is 11.7 Å². The summed E-state index contributed by atoms with van der Waals surface area (Å²) in [7, 11) is 0. The summed E-state index contributed by atoms with van der Waals surface area (Å²) in [5.41, 5.74) is 0.759. The maximum atomic E-state index is 12.0. The van der Waals surface area contributed by atoms with E-state index in [1.54, 1.807) is 6.07 Å². The minimum atomic E-state index is -4.36. The quantitative estimate of drug-likeness (QED) is 0.900. The lowest BCUT2D eigenvalue weighted by atomic mass is 10.1. The number of rotatable bonds is 3. The highest BCUT2D eigenvalue weighted by atomic mass is 19.4. The van der Waals surface area contributed by atoms with Crippen molar-refractivity contribution in [2.45, 2.75) is 12.3 Å². The fourth-order valence-corrected chi connectivity index (χ4v) is 1.64. The van der Waals surface area contributed by atoms with Gasteiger partial charge in [0.15, 0.2) is 6.61 Å². The van der Waals surface area contributed by atoms with Crippen molar-refractivity contribution >= 4 is 0 Å². The van der Waals surface area contributed by atoms with Crippen LogP contribution in [-0.4, -0.2) is 37.5 Å². The van der Waals surface area contributed by atoms with Crippen molar-refractivity contribution in [2.75, 3.05) is 26.3 Å². The molecule has 1 aromatic rings. The summed E-state index contributed by atoms with van der Waals surface area (Å²) in [5.74, 6) is -0.0426. The molecule has 1 fully saturated rings. The number of nitrogens with one attached hydrogen (secondary N) is 1. The van der Waals surface area contributed by atoms with Crippen LogP contribution in [0, 0.1) is 0 Å². The van der Waals surface area contributed by atoms with E-state index in [0.29, 0.717) is 13.2 Å². The number of hydrogen-bond acceptors (Lipinski definition) is 4. The number of morpholine rings is 1. The first-order valence-corrected chi connectivity index (χ1v) is 5.52. The zero-order valence-corrected chi connectivity index (χ0v) is 9.54. The van der Waals surface area contributed by atoms with E-state index < -0.39 is 12.8 Å². The highest BCUT2D eigenvalue weighted by Crippen LogP contribution is 2.22.